The van der Waals surface area contributed by atoms with Gasteiger partial charge in [0, 0.05) is 0 Å². The Morgan fingerprint density at radius 2 is 0.800 bits per heavy atom. The number of hydrogen-bond donors (Lipinski definition) is 0. The number of rotatable bonds is 13. The molecule has 2 rings (SSSR count). The fourth-order valence-electron chi connectivity index (χ4n) is 3.74. The van der Waals surface area contributed by atoms with Gasteiger partial charge >= 0.3 is 192 Å². The Morgan fingerprint density at radius 3 is 1.03 bits per heavy atom. The van der Waals surface area contributed by atoms with E-state index in [1.165, 1.54) is 7.16 Å². The molecule has 2 aromatic carbocycles. The van der Waals surface area contributed by atoms with E-state index in [-0.39, 0.29) is 0 Å². The molecule has 0 amide bonds. The summed E-state index contributed by atoms with van der Waals surface area (Å²) in [7, 11) is 10.4. The molecule has 0 aliphatic carbocycles. The van der Waals surface area contributed by atoms with Gasteiger partial charge in [-0.15, -0.1) is 0 Å². The molecule has 0 aliphatic heterocycles. The minimum atomic E-state index is -3.37. The van der Waals surface area contributed by atoms with Gasteiger partial charge in [0.25, 0.3) is 0 Å². The maximum atomic E-state index is 6.03. The summed E-state index contributed by atoms with van der Waals surface area (Å²) in [4.78, 5) is 0. The van der Waals surface area contributed by atoms with Gasteiger partial charge in [0.2, 0.25) is 0 Å². The van der Waals surface area contributed by atoms with Crippen LogP contribution in [0.2, 0.25) is 8.87 Å². The quantitative estimate of drug-likeness (QED) is 0.250. The van der Waals surface area contributed by atoms with E-state index in [0.29, 0.717) is 0 Å². The van der Waals surface area contributed by atoms with E-state index in [1.54, 1.807) is 42.7 Å². The van der Waals surface area contributed by atoms with Crippen molar-refractivity contribution in [2.45, 2.75) is 21.7 Å². The third-order valence-corrected chi connectivity index (χ3v) is 25.9. The van der Waals surface area contributed by atoms with Gasteiger partial charge < -0.3 is 0 Å². The standard InChI is InChI=1S/2C7H7O.C4H8.4CH3O.2Sn/c2*1-8-7-5-3-2-4-6-7;1-3-4-2;4*1-2;;/h2*3-6H,1H3;1-4H2;4*1H3;;/q;;;4*-1;2*+2. The number of hydrogen-bond acceptors (Lipinski definition) is 6. The first-order valence-corrected chi connectivity index (χ1v) is 21.6. The van der Waals surface area contributed by atoms with Crippen LogP contribution in [0.1, 0.15) is 12.8 Å². The molecular weight excluding hydrogens is 598 g/mol. The maximum absolute atomic E-state index is 6.03. The molecule has 0 radical (unpaired) electrons. The van der Waals surface area contributed by atoms with Crippen molar-refractivity contribution in [1.29, 1.82) is 0 Å². The summed E-state index contributed by atoms with van der Waals surface area (Å²) in [5, 5.41) is 0. The average molecular weight is 632 g/mol. The second-order valence-corrected chi connectivity index (χ2v) is 26.4. The molecule has 0 heterocycles. The van der Waals surface area contributed by atoms with Crippen molar-refractivity contribution >= 4 is 45.6 Å². The molecule has 0 bridgehead atoms. The number of benzene rings is 2. The van der Waals surface area contributed by atoms with Crippen molar-refractivity contribution in [2.75, 3.05) is 42.7 Å². The van der Waals surface area contributed by atoms with Gasteiger partial charge in [-0.05, 0) is 0 Å². The van der Waals surface area contributed by atoms with Crippen LogP contribution >= 0.6 is 0 Å². The van der Waals surface area contributed by atoms with E-state index in [1.807, 2.05) is 24.3 Å². The third kappa shape index (κ3) is 6.04. The molecule has 0 spiro atoms. The Labute approximate surface area is 190 Å². The summed E-state index contributed by atoms with van der Waals surface area (Å²) in [6.45, 7) is 0. The molecule has 6 nitrogen and oxygen atoms in total. The fourth-order valence-corrected chi connectivity index (χ4v) is 19.3. The zero-order valence-electron chi connectivity index (χ0n) is 18.9. The first kappa shape index (κ1) is 25.7. The van der Waals surface area contributed by atoms with Crippen molar-refractivity contribution in [3.05, 3.63) is 48.5 Å². The van der Waals surface area contributed by atoms with Gasteiger partial charge in [0.1, 0.15) is 0 Å². The Balaban J connectivity index is 2.07. The van der Waals surface area contributed by atoms with Crippen molar-refractivity contribution in [3.8, 4) is 11.5 Å². The van der Waals surface area contributed by atoms with Gasteiger partial charge in [-0.1, -0.05) is 0 Å². The van der Waals surface area contributed by atoms with E-state index < -0.39 is 38.4 Å². The third-order valence-electron chi connectivity index (χ3n) is 5.64. The molecule has 0 atom stereocenters. The van der Waals surface area contributed by atoms with Crippen LogP contribution in [0.15, 0.2) is 48.5 Å². The Bertz CT molecular complexity index is 678. The fraction of sp³-hybridized carbons (Fsp3) is 0.455. The normalized spacial score (nSPS) is 12.1. The summed E-state index contributed by atoms with van der Waals surface area (Å²) in [5.74, 6) is 1.68. The molecule has 0 unspecified atom stereocenters. The average Bonchev–Trinajstić information content (AvgIpc) is 2.82. The summed E-state index contributed by atoms with van der Waals surface area (Å²) < 4.78 is 38.9. The molecular formula is C22H34O6Sn2. The molecule has 0 saturated heterocycles. The van der Waals surface area contributed by atoms with Crippen LogP contribution < -0.4 is 16.6 Å². The van der Waals surface area contributed by atoms with Crippen molar-refractivity contribution in [3.63, 3.8) is 0 Å². The van der Waals surface area contributed by atoms with E-state index >= 15 is 0 Å². The molecule has 0 N–H and O–H groups in total. The zero-order valence-corrected chi connectivity index (χ0v) is 24.6. The molecule has 0 aromatic heterocycles. The van der Waals surface area contributed by atoms with Gasteiger partial charge in [-0.25, -0.2) is 0 Å². The van der Waals surface area contributed by atoms with Crippen LogP contribution in [0.3, 0.4) is 0 Å². The second-order valence-electron chi connectivity index (χ2n) is 6.99. The summed E-state index contributed by atoms with van der Waals surface area (Å²) >= 11 is -6.74. The molecule has 2 aromatic rings. The Kier molecular flexibility index (Phi) is 10.7. The first-order valence-electron chi connectivity index (χ1n) is 10.0. The Hall–Kier alpha value is -0.523. The van der Waals surface area contributed by atoms with E-state index in [2.05, 4.69) is 24.3 Å². The van der Waals surface area contributed by atoms with E-state index in [9.17, 15) is 0 Å². The molecule has 0 aliphatic rings. The van der Waals surface area contributed by atoms with Gasteiger partial charge in [0.05, 0.1) is 0 Å². The van der Waals surface area contributed by atoms with Crippen LogP contribution in [0.4, 0.5) is 0 Å². The molecule has 0 fully saturated rings. The minimum absolute atomic E-state index is 0.838. The Morgan fingerprint density at radius 1 is 0.500 bits per heavy atom. The van der Waals surface area contributed by atoms with Gasteiger partial charge in [-0.3, -0.25) is 0 Å². The zero-order chi connectivity index (χ0) is 22.0. The molecule has 0 saturated carbocycles. The predicted octanol–water partition coefficient (Wildman–Crippen LogP) is 3.07. The molecule has 166 valence electrons. The number of unbranched alkanes of at least 4 members (excludes halogenated alkanes) is 1. The van der Waals surface area contributed by atoms with Gasteiger partial charge in [-0.2, -0.15) is 0 Å². The van der Waals surface area contributed by atoms with Crippen LogP contribution in [-0.4, -0.2) is 81.1 Å². The summed E-state index contributed by atoms with van der Waals surface area (Å²) in [5.41, 5.74) is 0. The number of ether oxygens (including phenoxy) is 2. The van der Waals surface area contributed by atoms with Gasteiger partial charge in [0.15, 0.2) is 0 Å². The summed E-state index contributed by atoms with van der Waals surface area (Å²) in [6.07, 6.45) is 2.01. The van der Waals surface area contributed by atoms with E-state index in [4.69, 9.17) is 21.8 Å². The topological polar surface area (TPSA) is 55.4 Å². The first-order chi connectivity index (χ1) is 14.5. The van der Waals surface area contributed by atoms with Crippen LogP contribution in [-0.2, 0) is 12.3 Å². The van der Waals surface area contributed by atoms with Crippen LogP contribution in [0, 0.1) is 0 Å². The van der Waals surface area contributed by atoms with E-state index in [0.717, 1.165) is 33.2 Å². The molecule has 8 heteroatoms. The van der Waals surface area contributed by atoms with Crippen molar-refractivity contribution < 1.29 is 21.8 Å². The summed E-state index contributed by atoms with van der Waals surface area (Å²) in [6, 6.07) is 16.2. The second kappa shape index (κ2) is 12.5. The SMILES string of the molecule is COc1cc[c]([Sn]([CH2]CC[CH2][Sn]([O]C)([O]C)[c]2ccc(OC)cc2)([O]C)[O]C)cc1. The molecule has 30 heavy (non-hydrogen) atoms. The van der Waals surface area contributed by atoms with Crippen molar-refractivity contribution in [2.24, 2.45) is 0 Å². The van der Waals surface area contributed by atoms with Crippen LogP contribution in [0.25, 0.3) is 0 Å². The predicted molar refractivity (Wildman–Crippen MR) is 124 cm³/mol. The monoisotopic (exact) mass is 634 g/mol. The van der Waals surface area contributed by atoms with Crippen LogP contribution in [0.5, 0.6) is 11.5 Å². The number of methoxy groups -OCH3 is 2. The van der Waals surface area contributed by atoms with Crippen molar-refractivity contribution in [1.82, 2.24) is 0 Å².